The van der Waals surface area contributed by atoms with Crippen molar-refractivity contribution in [3.8, 4) is 0 Å². The molecule has 0 amide bonds. The summed E-state index contributed by atoms with van der Waals surface area (Å²) in [5, 5.41) is 1.33. The van der Waals surface area contributed by atoms with E-state index in [1.807, 2.05) is 60.7 Å². The average molecular weight is 339 g/mol. The molecule has 1 heterocycles. The molecule has 0 fully saturated rings. The maximum Gasteiger partial charge on any atom is 0.261 e. The molecule has 0 spiro atoms. The highest BCUT2D eigenvalue weighted by Crippen LogP contribution is 2.18. The summed E-state index contributed by atoms with van der Waals surface area (Å²) in [7, 11) is 0. The number of halogens is 1. The molecular formula is C20H19ClN2O. The lowest BCUT2D eigenvalue weighted by Gasteiger charge is -2.10. The Hall–Kier alpha value is -2.39. The van der Waals surface area contributed by atoms with Crippen LogP contribution in [0, 0.1) is 0 Å². The number of benzene rings is 2. The molecule has 1 aromatic heterocycles. The van der Waals surface area contributed by atoms with Gasteiger partial charge in [-0.2, -0.15) is 0 Å². The van der Waals surface area contributed by atoms with Gasteiger partial charge in [0, 0.05) is 11.6 Å². The molecule has 122 valence electrons. The molecule has 0 aliphatic carbocycles. The Morgan fingerprint density at radius 3 is 2.62 bits per heavy atom. The van der Waals surface area contributed by atoms with Gasteiger partial charge in [-0.1, -0.05) is 55.3 Å². The highest BCUT2D eigenvalue weighted by molar-refractivity contribution is 6.32. The summed E-state index contributed by atoms with van der Waals surface area (Å²) in [5.74, 6) is 0.659. The summed E-state index contributed by atoms with van der Waals surface area (Å²) in [6.07, 6.45) is 5.73. The van der Waals surface area contributed by atoms with Gasteiger partial charge in [0.05, 0.1) is 10.9 Å². The first-order valence-electron chi connectivity index (χ1n) is 8.13. The molecule has 0 N–H and O–H groups in total. The van der Waals surface area contributed by atoms with E-state index in [0.29, 0.717) is 28.3 Å². The van der Waals surface area contributed by atoms with E-state index in [1.54, 1.807) is 4.57 Å². The molecule has 4 heteroatoms. The van der Waals surface area contributed by atoms with Crippen LogP contribution in [0.3, 0.4) is 0 Å². The normalized spacial score (nSPS) is 11.4. The number of nitrogens with zero attached hydrogens (tertiary/aromatic N) is 2. The molecule has 0 atom stereocenters. The molecule has 0 unspecified atom stereocenters. The first kappa shape index (κ1) is 16.5. The van der Waals surface area contributed by atoms with E-state index in [0.717, 1.165) is 18.4 Å². The van der Waals surface area contributed by atoms with Crippen molar-refractivity contribution in [2.75, 3.05) is 0 Å². The van der Waals surface area contributed by atoms with E-state index in [9.17, 15) is 4.79 Å². The predicted molar refractivity (Wildman–Crippen MR) is 101 cm³/mol. The van der Waals surface area contributed by atoms with Crippen molar-refractivity contribution >= 4 is 34.7 Å². The van der Waals surface area contributed by atoms with Crippen LogP contribution < -0.4 is 5.56 Å². The smallest absolute Gasteiger partial charge is 0.261 e. The van der Waals surface area contributed by atoms with E-state index in [1.165, 1.54) is 0 Å². The van der Waals surface area contributed by atoms with Crippen molar-refractivity contribution in [2.45, 2.75) is 26.3 Å². The van der Waals surface area contributed by atoms with Crippen molar-refractivity contribution in [1.29, 1.82) is 0 Å². The fourth-order valence-electron chi connectivity index (χ4n) is 2.62. The van der Waals surface area contributed by atoms with Gasteiger partial charge >= 0.3 is 0 Å². The number of unbranched alkanes of at least 4 members (excludes halogenated alkanes) is 1. The quantitative estimate of drug-likeness (QED) is 0.654. The Balaban J connectivity index is 2.11. The summed E-state index contributed by atoms with van der Waals surface area (Å²) in [5.41, 5.74) is 1.63. The summed E-state index contributed by atoms with van der Waals surface area (Å²) >= 11 is 6.20. The van der Waals surface area contributed by atoms with Crippen molar-refractivity contribution in [2.24, 2.45) is 0 Å². The highest BCUT2D eigenvalue weighted by atomic mass is 35.5. The largest absolute Gasteiger partial charge is 0.293 e. The lowest BCUT2D eigenvalue weighted by Crippen LogP contribution is -2.24. The van der Waals surface area contributed by atoms with Gasteiger partial charge < -0.3 is 0 Å². The second-order valence-corrected chi connectivity index (χ2v) is 6.06. The summed E-state index contributed by atoms with van der Waals surface area (Å²) in [6.45, 7) is 2.77. The van der Waals surface area contributed by atoms with Crippen LogP contribution in [0.5, 0.6) is 0 Å². The molecule has 2 aromatic carbocycles. The van der Waals surface area contributed by atoms with E-state index >= 15 is 0 Å². The Labute approximate surface area is 146 Å². The zero-order valence-corrected chi connectivity index (χ0v) is 14.3. The maximum absolute atomic E-state index is 12.8. The van der Waals surface area contributed by atoms with Crippen LogP contribution in [0.25, 0.3) is 23.1 Å². The second-order valence-electron chi connectivity index (χ2n) is 5.65. The zero-order valence-electron chi connectivity index (χ0n) is 13.6. The minimum atomic E-state index is 0.00728. The first-order chi connectivity index (χ1) is 11.7. The molecule has 0 saturated carbocycles. The van der Waals surface area contributed by atoms with Gasteiger partial charge in [-0.05, 0) is 42.3 Å². The Morgan fingerprint density at radius 1 is 1.08 bits per heavy atom. The van der Waals surface area contributed by atoms with Crippen molar-refractivity contribution in [3.63, 3.8) is 0 Å². The number of hydrogen-bond donors (Lipinski definition) is 0. The van der Waals surface area contributed by atoms with Gasteiger partial charge in [-0.15, -0.1) is 0 Å². The maximum atomic E-state index is 12.8. The van der Waals surface area contributed by atoms with Gasteiger partial charge in [-0.3, -0.25) is 9.36 Å². The summed E-state index contributed by atoms with van der Waals surface area (Å²) in [6, 6.07) is 15.1. The fraction of sp³-hybridized carbons (Fsp3) is 0.200. The molecular weight excluding hydrogens is 320 g/mol. The van der Waals surface area contributed by atoms with Gasteiger partial charge in [0.2, 0.25) is 0 Å². The number of para-hydroxylation sites is 1. The van der Waals surface area contributed by atoms with Crippen LogP contribution in [0.2, 0.25) is 5.02 Å². The van der Waals surface area contributed by atoms with Crippen LogP contribution in [0.15, 0.2) is 53.3 Å². The minimum Gasteiger partial charge on any atom is -0.293 e. The molecule has 24 heavy (non-hydrogen) atoms. The lowest BCUT2D eigenvalue weighted by atomic mass is 10.2. The van der Waals surface area contributed by atoms with Gasteiger partial charge in [0.25, 0.3) is 5.56 Å². The number of aromatic nitrogens is 2. The van der Waals surface area contributed by atoms with E-state index in [2.05, 4.69) is 11.9 Å². The number of fused-ring (bicyclic) bond motifs is 1. The molecule has 0 saturated heterocycles. The monoisotopic (exact) mass is 338 g/mol. The van der Waals surface area contributed by atoms with Gasteiger partial charge in [0.1, 0.15) is 5.82 Å². The van der Waals surface area contributed by atoms with Crippen molar-refractivity contribution < 1.29 is 0 Å². The summed E-state index contributed by atoms with van der Waals surface area (Å²) < 4.78 is 1.75. The topological polar surface area (TPSA) is 34.9 Å². The van der Waals surface area contributed by atoms with E-state index in [4.69, 9.17) is 11.6 Å². The van der Waals surface area contributed by atoms with E-state index < -0.39 is 0 Å². The molecule has 3 nitrogen and oxygen atoms in total. The van der Waals surface area contributed by atoms with Crippen LogP contribution in [0.1, 0.15) is 31.2 Å². The third-order valence-corrected chi connectivity index (χ3v) is 4.29. The Bertz CT molecular complexity index is 944. The fourth-order valence-corrected chi connectivity index (χ4v) is 2.82. The predicted octanol–water partition coefficient (Wildman–Crippen LogP) is 5.02. The van der Waals surface area contributed by atoms with Crippen LogP contribution >= 0.6 is 11.6 Å². The highest BCUT2D eigenvalue weighted by Gasteiger charge is 2.08. The van der Waals surface area contributed by atoms with Crippen molar-refractivity contribution in [3.05, 3.63) is 75.3 Å². The molecule has 0 aliphatic rings. The Morgan fingerprint density at radius 2 is 1.83 bits per heavy atom. The third-order valence-electron chi connectivity index (χ3n) is 3.94. The number of hydrogen-bond acceptors (Lipinski definition) is 2. The standard InChI is InChI=1S/C20H19ClN2O/c1-2-3-14-23-19(13-12-15-8-4-6-10-17(15)21)22-18-11-7-5-9-16(18)20(23)24/h4-13H,2-3,14H2,1H3/b13-12+. The SMILES string of the molecule is CCCCn1c(/C=C/c2ccccc2Cl)nc2ccccc2c1=O. The van der Waals surface area contributed by atoms with Gasteiger partial charge in [-0.25, -0.2) is 4.98 Å². The zero-order chi connectivity index (χ0) is 16.9. The van der Waals surface area contributed by atoms with E-state index in [-0.39, 0.29) is 5.56 Å². The third kappa shape index (κ3) is 3.41. The van der Waals surface area contributed by atoms with Crippen LogP contribution in [-0.2, 0) is 6.54 Å². The molecule has 3 rings (SSSR count). The minimum absolute atomic E-state index is 0.00728. The Kier molecular flexibility index (Phi) is 5.11. The number of rotatable bonds is 5. The second kappa shape index (κ2) is 7.45. The van der Waals surface area contributed by atoms with Crippen molar-refractivity contribution in [1.82, 2.24) is 9.55 Å². The molecule has 3 aromatic rings. The molecule has 0 aliphatic heterocycles. The van der Waals surface area contributed by atoms with Crippen LogP contribution in [-0.4, -0.2) is 9.55 Å². The average Bonchev–Trinajstić information content (AvgIpc) is 2.60. The van der Waals surface area contributed by atoms with Gasteiger partial charge in [0.15, 0.2) is 0 Å². The summed E-state index contributed by atoms with van der Waals surface area (Å²) in [4.78, 5) is 17.5. The molecule has 0 bridgehead atoms. The lowest BCUT2D eigenvalue weighted by molar-refractivity contribution is 0.603. The van der Waals surface area contributed by atoms with Crippen LogP contribution in [0.4, 0.5) is 0 Å². The first-order valence-corrected chi connectivity index (χ1v) is 8.50. The molecule has 0 radical (unpaired) electrons.